The summed E-state index contributed by atoms with van der Waals surface area (Å²) in [5.41, 5.74) is 1.27. The van der Waals surface area contributed by atoms with Crippen LogP contribution >= 0.6 is 15.9 Å². The second-order valence-corrected chi connectivity index (χ2v) is 5.32. The zero-order chi connectivity index (χ0) is 12.8. The zero-order valence-corrected chi connectivity index (χ0v) is 12.7. The van der Waals surface area contributed by atoms with Gasteiger partial charge in [0.25, 0.3) is 0 Å². The Labute approximate surface area is 113 Å². The molecule has 0 saturated heterocycles. The van der Waals surface area contributed by atoms with E-state index in [4.69, 9.17) is 4.74 Å². The van der Waals surface area contributed by atoms with Crippen LogP contribution in [-0.4, -0.2) is 20.2 Å². The molecule has 2 atom stereocenters. The number of hydrogen-bond acceptors (Lipinski definition) is 2. The molecule has 96 valence electrons. The predicted octanol–water partition coefficient (Wildman–Crippen LogP) is 3.63. The van der Waals surface area contributed by atoms with Crippen LogP contribution in [0.25, 0.3) is 0 Å². The van der Waals surface area contributed by atoms with E-state index in [0.29, 0.717) is 12.0 Å². The van der Waals surface area contributed by atoms with Crippen LogP contribution < -0.4 is 10.1 Å². The van der Waals surface area contributed by atoms with Crippen molar-refractivity contribution in [3.8, 4) is 5.75 Å². The van der Waals surface area contributed by atoms with Gasteiger partial charge in [0.05, 0.1) is 7.11 Å². The van der Waals surface area contributed by atoms with Gasteiger partial charge in [0.1, 0.15) is 5.75 Å². The topological polar surface area (TPSA) is 21.3 Å². The molecule has 3 heteroatoms. The fraction of sp³-hybridized carbons (Fsp3) is 0.571. The van der Waals surface area contributed by atoms with Crippen molar-refractivity contribution in [3.05, 3.63) is 28.2 Å². The van der Waals surface area contributed by atoms with Crippen molar-refractivity contribution in [3.63, 3.8) is 0 Å². The second-order valence-electron chi connectivity index (χ2n) is 4.41. The highest BCUT2D eigenvalue weighted by molar-refractivity contribution is 9.10. The normalized spacial score (nSPS) is 14.4. The number of rotatable bonds is 6. The first-order valence-electron chi connectivity index (χ1n) is 6.12. The van der Waals surface area contributed by atoms with Crippen molar-refractivity contribution < 1.29 is 4.74 Å². The van der Waals surface area contributed by atoms with E-state index in [1.807, 2.05) is 19.2 Å². The fourth-order valence-electron chi connectivity index (χ4n) is 2.10. The largest absolute Gasteiger partial charge is 0.496 e. The van der Waals surface area contributed by atoms with Crippen LogP contribution in [0.1, 0.15) is 25.8 Å². The summed E-state index contributed by atoms with van der Waals surface area (Å²) in [4.78, 5) is 0. The molecular weight excluding hydrogens is 278 g/mol. The number of hydrogen-bond donors (Lipinski definition) is 1. The maximum absolute atomic E-state index is 5.42. The maximum Gasteiger partial charge on any atom is 0.122 e. The Morgan fingerprint density at radius 1 is 1.41 bits per heavy atom. The van der Waals surface area contributed by atoms with Crippen molar-refractivity contribution in [2.45, 2.75) is 32.7 Å². The molecule has 0 aromatic heterocycles. The van der Waals surface area contributed by atoms with Gasteiger partial charge in [-0.2, -0.15) is 0 Å². The molecular formula is C14H22BrNO. The van der Waals surface area contributed by atoms with E-state index >= 15 is 0 Å². The first-order chi connectivity index (χ1) is 8.12. The van der Waals surface area contributed by atoms with E-state index < -0.39 is 0 Å². The van der Waals surface area contributed by atoms with Gasteiger partial charge in [0.15, 0.2) is 0 Å². The van der Waals surface area contributed by atoms with Gasteiger partial charge in [-0.05, 0) is 50.1 Å². The summed E-state index contributed by atoms with van der Waals surface area (Å²) in [6.07, 6.45) is 2.21. The molecule has 17 heavy (non-hydrogen) atoms. The van der Waals surface area contributed by atoms with Gasteiger partial charge in [-0.25, -0.2) is 0 Å². The molecule has 0 heterocycles. The van der Waals surface area contributed by atoms with E-state index in [0.717, 1.165) is 23.1 Å². The van der Waals surface area contributed by atoms with Crippen LogP contribution in [0.3, 0.4) is 0 Å². The smallest absolute Gasteiger partial charge is 0.122 e. The third kappa shape index (κ3) is 4.00. The lowest BCUT2D eigenvalue weighted by atomic mass is 9.90. The summed E-state index contributed by atoms with van der Waals surface area (Å²) in [7, 11) is 3.75. The monoisotopic (exact) mass is 299 g/mol. The summed E-state index contributed by atoms with van der Waals surface area (Å²) in [6, 6.07) is 6.72. The molecule has 0 aliphatic carbocycles. The molecule has 1 aromatic carbocycles. The first-order valence-corrected chi connectivity index (χ1v) is 6.91. The predicted molar refractivity (Wildman–Crippen MR) is 76.7 cm³/mol. The minimum atomic E-state index is 0.517. The van der Waals surface area contributed by atoms with Crippen molar-refractivity contribution >= 4 is 15.9 Å². The lowest BCUT2D eigenvalue weighted by Crippen LogP contribution is -2.31. The van der Waals surface area contributed by atoms with Gasteiger partial charge < -0.3 is 10.1 Å². The maximum atomic E-state index is 5.42. The Morgan fingerprint density at radius 2 is 2.12 bits per heavy atom. The van der Waals surface area contributed by atoms with E-state index in [2.05, 4.69) is 41.2 Å². The van der Waals surface area contributed by atoms with E-state index in [1.165, 1.54) is 5.56 Å². The molecule has 2 nitrogen and oxygen atoms in total. The van der Waals surface area contributed by atoms with E-state index in [1.54, 1.807) is 7.11 Å². The fourth-order valence-corrected chi connectivity index (χ4v) is 2.51. The molecule has 0 radical (unpaired) electrons. The van der Waals surface area contributed by atoms with Gasteiger partial charge in [0.2, 0.25) is 0 Å². The second kappa shape index (κ2) is 7.02. The third-order valence-corrected chi connectivity index (χ3v) is 3.90. The summed E-state index contributed by atoms with van der Waals surface area (Å²) in [6.45, 7) is 4.47. The van der Waals surface area contributed by atoms with Crippen molar-refractivity contribution in [1.82, 2.24) is 5.32 Å². The van der Waals surface area contributed by atoms with Crippen molar-refractivity contribution in [1.29, 1.82) is 0 Å². The summed E-state index contributed by atoms with van der Waals surface area (Å²) < 4.78 is 6.53. The molecule has 0 spiro atoms. The Hall–Kier alpha value is -0.540. The molecule has 0 aliphatic heterocycles. The number of halogens is 1. The average molecular weight is 300 g/mol. The first kappa shape index (κ1) is 14.5. The summed E-state index contributed by atoms with van der Waals surface area (Å²) >= 11 is 3.52. The molecule has 2 unspecified atom stereocenters. The molecule has 0 fully saturated rings. The Morgan fingerprint density at radius 3 is 2.65 bits per heavy atom. The van der Waals surface area contributed by atoms with Gasteiger partial charge in [-0.1, -0.05) is 29.3 Å². The Bertz CT molecular complexity index is 354. The van der Waals surface area contributed by atoms with Gasteiger partial charge in [0, 0.05) is 10.5 Å². The van der Waals surface area contributed by atoms with E-state index in [-0.39, 0.29) is 0 Å². The van der Waals surface area contributed by atoms with Crippen molar-refractivity contribution in [2.75, 3.05) is 14.2 Å². The highest BCUT2D eigenvalue weighted by Gasteiger charge is 2.16. The quantitative estimate of drug-likeness (QED) is 0.866. The number of methoxy groups -OCH3 is 1. The zero-order valence-electron chi connectivity index (χ0n) is 11.1. The van der Waals surface area contributed by atoms with Crippen LogP contribution in [-0.2, 0) is 6.42 Å². The summed E-state index contributed by atoms with van der Waals surface area (Å²) in [5, 5.41) is 3.34. The lowest BCUT2D eigenvalue weighted by Gasteiger charge is -2.23. The molecule has 1 rings (SSSR count). The van der Waals surface area contributed by atoms with Crippen LogP contribution in [0.2, 0.25) is 0 Å². The molecule has 1 N–H and O–H groups in total. The number of nitrogens with one attached hydrogen (secondary N) is 1. The molecule has 0 aliphatic rings. The van der Waals surface area contributed by atoms with Crippen LogP contribution in [0.5, 0.6) is 5.75 Å². The molecule has 0 amide bonds. The van der Waals surface area contributed by atoms with E-state index in [9.17, 15) is 0 Å². The van der Waals surface area contributed by atoms with Crippen LogP contribution in [0, 0.1) is 5.92 Å². The highest BCUT2D eigenvalue weighted by Crippen LogP contribution is 2.27. The van der Waals surface area contributed by atoms with Gasteiger partial charge >= 0.3 is 0 Å². The molecule has 1 aromatic rings. The van der Waals surface area contributed by atoms with Crippen molar-refractivity contribution in [2.24, 2.45) is 5.92 Å². The van der Waals surface area contributed by atoms with Gasteiger partial charge in [-0.15, -0.1) is 0 Å². The Balaban J connectivity index is 2.88. The summed E-state index contributed by atoms with van der Waals surface area (Å²) in [5.74, 6) is 1.61. The number of ether oxygens (including phenoxy) is 1. The Kier molecular flexibility index (Phi) is 6.00. The number of benzene rings is 1. The SMILES string of the molecule is CCC(Cc1cc(Br)ccc1OC)C(C)NC. The minimum Gasteiger partial charge on any atom is -0.496 e. The van der Waals surface area contributed by atoms with Crippen LogP contribution in [0.15, 0.2) is 22.7 Å². The lowest BCUT2D eigenvalue weighted by molar-refractivity contribution is 0.367. The minimum absolute atomic E-state index is 0.517. The molecule has 0 bridgehead atoms. The standard InChI is InChI=1S/C14H22BrNO/c1-5-11(10(2)16-3)8-12-9-13(15)6-7-14(12)17-4/h6-7,9-11,16H,5,8H2,1-4H3. The molecule has 0 saturated carbocycles. The highest BCUT2D eigenvalue weighted by atomic mass is 79.9. The third-order valence-electron chi connectivity index (χ3n) is 3.41. The van der Waals surface area contributed by atoms with Gasteiger partial charge in [-0.3, -0.25) is 0 Å². The van der Waals surface area contributed by atoms with Crippen LogP contribution in [0.4, 0.5) is 0 Å². The average Bonchev–Trinajstić information content (AvgIpc) is 2.35.